The molecule has 2 fully saturated rings. The van der Waals surface area contributed by atoms with Gasteiger partial charge in [0.1, 0.15) is 23.0 Å². The van der Waals surface area contributed by atoms with E-state index in [1.807, 2.05) is 42.7 Å². The van der Waals surface area contributed by atoms with Crippen LogP contribution in [0.3, 0.4) is 0 Å². The lowest BCUT2D eigenvalue weighted by atomic mass is 9.91. The van der Waals surface area contributed by atoms with Gasteiger partial charge in [-0.3, -0.25) is 4.98 Å². The van der Waals surface area contributed by atoms with E-state index >= 15 is 0 Å². The fraction of sp³-hybridized carbons (Fsp3) is 0.357. The standard InChI is InChI=1S/C28H28FN7/c29-21-6-2-1-5-19(21)28(17-30)18-11-14-35(16-20(18)28)26-15-32-27-23(33-26)9-10-25(34-27)36-13-4-7-22-24(36)8-3-12-31-22/h1-3,5-6,8-10,12,15,18,20H,4,7,11,13-14,16-17,30H2/t18-,20+,28-/m1/s1. The number of hydrogen-bond donors (Lipinski definition) is 1. The molecule has 1 aliphatic carbocycles. The Morgan fingerprint density at radius 3 is 2.78 bits per heavy atom. The van der Waals surface area contributed by atoms with E-state index in [1.165, 1.54) is 0 Å². The summed E-state index contributed by atoms with van der Waals surface area (Å²) in [6.07, 6.45) is 6.67. The maximum absolute atomic E-state index is 14.7. The van der Waals surface area contributed by atoms with E-state index in [2.05, 4.69) is 20.9 Å². The molecule has 4 aromatic rings. The van der Waals surface area contributed by atoms with Gasteiger partial charge in [-0.15, -0.1) is 0 Å². The van der Waals surface area contributed by atoms with Gasteiger partial charge < -0.3 is 15.5 Å². The van der Waals surface area contributed by atoms with Crippen molar-refractivity contribution in [3.63, 3.8) is 0 Å². The van der Waals surface area contributed by atoms with Gasteiger partial charge in [-0.2, -0.15) is 0 Å². The number of piperidine rings is 1. The van der Waals surface area contributed by atoms with Crippen molar-refractivity contribution >= 4 is 28.5 Å². The zero-order valence-electron chi connectivity index (χ0n) is 20.0. The number of hydrogen-bond acceptors (Lipinski definition) is 7. The number of anilines is 3. The van der Waals surface area contributed by atoms with Crippen molar-refractivity contribution < 1.29 is 4.39 Å². The minimum absolute atomic E-state index is 0.150. The van der Waals surface area contributed by atoms with Crippen LogP contribution >= 0.6 is 0 Å². The number of nitrogens with two attached hydrogens (primary N) is 1. The highest BCUT2D eigenvalue weighted by atomic mass is 19.1. The van der Waals surface area contributed by atoms with Crippen LogP contribution in [-0.2, 0) is 11.8 Å². The van der Waals surface area contributed by atoms with E-state index in [4.69, 9.17) is 20.7 Å². The van der Waals surface area contributed by atoms with Crippen LogP contribution in [0, 0.1) is 17.7 Å². The van der Waals surface area contributed by atoms with Crippen molar-refractivity contribution in [2.24, 2.45) is 17.6 Å². The molecule has 3 aliphatic rings. The quantitative estimate of drug-likeness (QED) is 0.472. The third kappa shape index (κ3) is 3.20. The fourth-order valence-electron chi connectivity index (χ4n) is 6.65. The Morgan fingerprint density at radius 1 is 0.972 bits per heavy atom. The Bertz CT molecular complexity index is 1460. The zero-order chi connectivity index (χ0) is 24.3. The lowest BCUT2D eigenvalue weighted by Crippen LogP contribution is -2.32. The van der Waals surface area contributed by atoms with Crippen LogP contribution in [-0.4, -0.2) is 46.1 Å². The highest BCUT2D eigenvalue weighted by Gasteiger charge is 2.66. The highest BCUT2D eigenvalue weighted by Crippen LogP contribution is 2.63. The van der Waals surface area contributed by atoms with Crippen molar-refractivity contribution in [2.75, 3.05) is 36.0 Å². The number of pyridine rings is 2. The minimum atomic E-state index is -0.277. The van der Waals surface area contributed by atoms with Crippen molar-refractivity contribution in [3.05, 3.63) is 78.0 Å². The van der Waals surface area contributed by atoms with Gasteiger partial charge >= 0.3 is 0 Å². The van der Waals surface area contributed by atoms with E-state index in [9.17, 15) is 4.39 Å². The highest BCUT2D eigenvalue weighted by molar-refractivity contribution is 5.76. The van der Waals surface area contributed by atoms with Gasteiger partial charge in [0.05, 0.1) is 17.6 Å². The van der Waals surface area contributed by atoms with Crippen LogP contribution in [0.25, 0.3) is 11.2 Å². The maximum atomic E-state index is 14.7. The van der Waals surface area contributed by atoms with Crippen molar-refractivity contribution in [3.8, 4) is 0 Å². The van der Waals surface area contributed by atoms with Crippen LogP contribution < -0.4 is 15.5 Å². The van der Waals surface area contributed by atoms with Gasteiger partial charge in [0.25, 0.3) is 0 Å². The average molecular weight is 482 g/mol. The number of halogens is 1. The summed E-state index contributed by atoms with van der Waals surface area (Å²) in [7, 11) is 0. The van der Waals surface area contributed by atoms with Crippen LogP contribution in [0.4, 0.5) is 21.7 Å². The second-order valence-corrected chi connectivity index (χ2v) is 10.1. The summed E-state index contributed by atoms with van der Waals surface area (Å²) in [6.45, 7) is 3.03. The summed E-state index contributed by atoms with van der Waals surface area (Å²) in [5.74, 6) is 2.29. The van der Waals surface area contributed by atoms with Crippen LogP contribution in [0.1, 0.15) is 24.1 Å². The number of fused-ring (bicyclic) bond motifs is 3. The molecule has 1 saturated carbocycles. The SMILES string of the molecule is NC[C@]1(c2ccccc2F)[C@@H]2CCN(c3cnc4nc(N5CCCc6ncccc65)ccc4n3)C[C@@H]21. The molecule has 0 amide bonds. The Labute approximate surface area is 209 Å². The first-order valence-electron chi connectivity index (χ1n) is 12.7. The lowest BCUT2D eigenvalue weighted by Gasteiger charge is -2.29. The molecule has 7 rings (SSSR count). The first-order valence-corrected chi connectivity index (χ1v) is 12.7. The van der Waals surface area contributed by atoms with Gasteiger partial charge in [-0.1, -0.05) is 18.2 Å². The Hall–Kier alpha value is -3.65. The second-order valence-electron chi connectivity index (χ2n) is 10.1. The molecule has 0 spiro atoms. The largest absolute Gasteiger partial charge is 0.355 e. The molecule has 36 heavy (non-hydrogen) atoms. The molecule has 2 N–H and O–H groups in total. The first-order chi connectivity index (χ1) is 17.7. The summed E-state index contributed by atoms with van der Waals surface area (Å²) >= 11 is 0. The van der Waals surface area contributed by atoms with Crippen LogP contribution in [0.15, 0.2) is 60.9 Å². The number of benzene rings is 1. The van der Waals surface area contributed by atoms with Gasteiger partial charge in [0.15, 0.2) is 5.65 Å². The third-order valence-corrected chi connectivity index (χ3v) is 8.47. The molecule has 1 saturated heterocycles. The molecular formula is C28H28FN7. The summed E-state index contributed by atoms with van der Waals surface area (Å²) in [6, 6.07) is 15.2. The van der Waals surface area contributed by atoms with E-state index < -0.39 is 0 Å². The number of rotatable bonds is 4. The summed E-state index contributed by atoms with van der Waals surface area (Å²) in [5.41, 5.74) is 10.4. The molecule has 5 heterocycles. The third-order valence-electron chi connectivity index (χ3n) is 8.47. The fourth-order valence-corrected chi connectivity index (χ4v) is 6.65. The Balaban J connectivity index is 1.15. The van der Waals surface area contributed by atoms with Gasteiger partial charge in [0.2, 0.25) is 0 Å². The average Bonchev–Trinajstić information content (AvgIpc) is 3.60. The Morgan fingerprint density at radius 2 is 1.89 bits per heavy atom. The molecular weight excluding hydrogens is 453 g/mol. The van der Waals surface area contributed by atoms with Crippen LogP contribution in [0.2, 0.25) is 0 Å². The molecule has 1 aromatic carbocycles. The van der Waals surface area contributed by atoms with E-state index in [0.717, 1.165) is 73.0 Å². The predicted octanol–water partition coefficient (Wildman–Crippen LogP) is 4.00. The number of nitrogens with zero attached hydrogens (tertiary/aromatic N) is 6. The lowest BCUT2D eigenvalue weighted by molar-refractivity contribution is 0.533. The van der Waals surface area contributed by atoms with Gasteiger partial charge in [-0.25, -0.2) is 19.3 Å². The molecule has 0 bridgehead atoms. The monoisotopic (exact) mass is 481 g/mol. The number of aromatic nitrogens is 4. The summed E-state index contributed by atoms with van der Waals surface area (Å²) < 4.78 is 14.7. The molecule has 0 unspecified atom stereocenters. The molecule has 3 aromatic heterocycles. The molecule has 7 nitrogen and oxygen atoms in total. The van der Waals surface area contributed by atoms with Crippen molar-refractivity contribution in [1.82, 2.24) is 19.9 Å². The molecule has 0 radical (unpaired) electrons. The number of aryl methyl sites for hydroxylation is 1. The van der Waals surface area contributed by atoms with Gasteiger partial charge in [0, 0.05) is 37.8 Å². The Kier molecular flexibility index (Phi) is 4.92. The van der Waals surface area contributed by atoms with E-state index in [1.54, 1.807) is 12.1 Å². The van der Waals surface area contributed by atoms with Crippen molar-refractivity contribution in [2.45, 2.75) is 24.7 Å². The normalized spacial score (nSPS) is 24.9. The van der Waals surface area contributed by atoms with Crippen LogP contribution in [0.5, 0.6) is 0 Å². The topological polar surface area (TPSA) is 84.1 Å². The van der Waals surface area contributed by atoms with E-state index in [0.29, 0.717) is 24.0 Å². The summed E-state index contributed by atoms with van der Waals surface area (Å²) in [4.78, 5) is 23.5. The molecule has 2 aliphatic heterocycles. The molecule has 182 valence electrons. The van der Waals surface area contributed by atoms with Crippen molar-refractivity contribution in [1.29, 1.82) is 0 Å². The van der Waals surface area contributed by atoms with Gasteiger partial charge in [-0.05, 0) is 67.0 Å². The van der Waals surface area contributed by atoms with E-state index in [-0.39, 0.29) is 11.2 Å². The minimum Gasteiger partial charge on any atom is -0.355 e. The second kappa shape index (κ2) is 8.20. The predicted molar refractivity (Wildman–Crippen MR) is 138 cm³/mol. The molecule has 8 heteroatoms. The smallest absolute Gasteiger partial charge is 0.180 e. The maximum Gasteiger partial charge on any atom is 0.180 e. The summed E-state index contributed by atoms with van der Waals surface area (Å²) in [5, 5.41) is 0. The molecule has 3 atom stereocenters. The zero-order valence-corrected chi connectivity index (χ0v) is 20.0. The first kappa shape index (κ1) is 21.6.